The molecule has 0 heterocycles. The molecule has 0 aliphatic heterocycles. The lowest BCUT2D eigenvalue weighted by Crippen LogP contribution is -2.33. The highest BCUT2D eigenvalue weighted by Crippen LogP contribution is 2.20. The van der Waals surface area contributed by atoms with Gasteiger partial charge in [-0.1, -0.05) is 36.4 Å². The molecule has 2 aromatic carbocycles. The second kappa shape index (κ2) is 7.36. The van der Waals surface area contributed by atoms with Gasteiger partial charge < -0.3 is 5.32 Å². The molecule has 2 rings (SSSR count). The van der Waals surface area contributed by atoms with Gasteiger partial charge in [-0.15, -0.1) is 0 Å². The lowest BCUT2D eigenvalue weighted by Gasteiger charge is -2.14. The molecule has 0 aliphatic carbocycles. The molecule has 2 aromatic rings. The molecular weight excluding hydrogens is 333 g/mol. The van der Waals surface area contributed by atoms with Gasteiger partial charge >= 0.3 is 0 Å². The van der Waals surface area contributed by atoms with E-state index in [9.17, 15) is 9.18 Å². The van der Waals surface area contributed by atoms with Gasteiger partial charge in [-0.25, -0.2) is 4.39 Å². The number of nitrogens with one attached hydrogen (secondary N) is 1. The maximum atomic E-state index is 13.4. The molecule has 0 saturated heterocycles. The first-order valence-corrected chi connectivity index (χ1v) is 7.66. The molecule has 2 nitrogen and oxygen atoms in total. The fraction of sp³-hybridized carbons (Fsp3) is 0.235. The Hall–Kier alpha value is -1.68. The highest BCUT2D eigenvalue weighted by Gasteiger charge is 2.15. The van der Waals surface area contributed by atoms with Gasteiger partial charge in [-0.2, -0.15) is 0 Å². The molecule has 0 aromatic heterocycles. The zero-order valence-electron chi connectivity index (χ0n) is 11.8. The Morgan fingerprint density at radius 2 is 1.90 bits per heavy atom. The number of carbonyl (C=O) groups is 1. The van der Waals surface area contributed by atoms with Crippen LogP contribution in [0.25, 0.3) is 0 Å². The Balaban J connectivity index is 1.92. The molecule has 21 heavy (non-hydrogen) atoms. The van der Waals surface area contributed by atoms with Crippen molar-refractivity contribution >= 4 is 21.8 Å². The van der Waals surface area contributed by atoms with Gasteiger partial charge in [0.05, 0.1) is 10.0 Å². The summed E-state index contributed by atoms with van der Waals surface area (Å²) in [5.74, 6) is -0.693. The molecule has 1 amide bonds. The summed E-state index contributed by atoms with van der Waals surface area (Å²) in [6, 6.07) is 14.6. The number of hydrogen-bond acceptors (Lipinski definition) is 1. The van der Waals surface area contributed by atoms with Gasteiger partial charge in [0.2, 0.25) is 0 Å². The van der Waals surface area contributed by atoms with Crippen LogP contribution in [0.2, 0.25) is 0 Å². The number of halogens is 2. The summed E-state index contributed by atoms with van der Waals surface area (Å²) < 4.78 is 13.6. The van der Waals surface area contributed by atoms with Crippen molar-refractivity contribution in [2.75, 3.05) is 0 Å². The van der Waals surface area contributed by atoms with Gasteiger partial charge in [0.15, 0.2) is 0 Å². The fourth-order valence-corrected chi connectivity index (χ4v) is 2.53. The first kappa shape index (κ1) is 15.7. The molecule has 0 aliphatic rings. The van der Waals surface area contributed by atoms with Gasteiger partial charge in [-0.3, -0.25) is 4.79 Å². The predicted molar refractivity (Wildman–Crippen MR) is 85.8 cm³/mol. The number of hydrogen-bond donors (Lipinski definition) is 1. The minimum absolute atomic E-state index is 0.0212. The second-order valence-corrected chi connectivity index (χ2v) is 5.79. The SMILES string of the molecule is CC(CCc1ccccc1)NC(=O)c1cccc(F)c1Br. The van der Waals surface area contributed by atoms with Crippen molar-refractivity contribution < 1.29 is 9.18 Å². The van der Waals surface area contributed by atoms with E-state index in [0.717, 1.165) is 12.8 Å². The molecule has 0 fully saturated rings. The Morgan fingerprint density at radius 3 is 2.62 bits per heavy atom. The third-order valence-electron chi connectivity index (χ3n) is 3.28. The number of rotatable bonds is 5. The summed E-state index contributed by atoms with van der Waals surface area (Å²) in [5, 5.41) is 2.90. The quantitative estimate of drug-likeness (QED) is 0.854. The fourth-order valence-electron chi connectivity index (χ4n) is 2.08. The zero-order valence-corrected chi connectivity index (χ0v) is 13.4. The largest absolute Gasteiger partial charge is 0.350 e. The van der Waals surface area contributed by atoms with E-state index in [1.54, 1.807) is 6.07 Å². The van der Waals surface area contributed by atoms with Gasteiger partial charge in [-0.05, 0) is 53.4 Å². The maximum Gasteiger partial charge on any atom is 0.252 e. The lowest BCUT2D eigenvalue weighted by atomic mass is 10.1. The average Bonchev–Trinajstić information content (AvgIpc) is 2.49. The van der Waals surface area contributed by atoms with E-state index in [0.29, 0.717) is 5.56 Å². The molecule has 0 saturated carbocycles. The molecule has 110 valence electrons. The topological polar surface area (TPSA) is 29.1 Å². The third-order valence-corrected chi connectivity index (χ3v) is 4.09. The lowest BCUT2D eigenvalue weighted by molar-refractivity contribution is 0.0937. The van der Waals surface area contributed by atoms with Crippen LogP contribution in [0.3, 0.4) is 0 Å². The average molecular weight is 350 g/mol. The van der Waals surface area contributed by atoms with E-state index < -0.39 is 5.82 Å². The van der Waals surface area contributed by atoms with Crippen LogP contribution in [0.5, 0.6) is 0 Å². The van der Waals surface area contributed by atoms with Crippen LogP contribution in [-0.2, 0) is 6.42 Å². The molecule has 1 N–H and O–H groups in total. The maximum absolute atomic E-state index is 13.4. The number of benzene rings is 2. The summed E-state index contributed by atoms with van der Waals surface area (Å²) in [7, 11) is 0. The molecule has 1 unspecified atom stereocenters. The Labute approximate surface area is 132 Å². The number of amides is 1. The van der Waals surface area contributed by atoms with Gasteiger partial charge in [0, 0.05) is 6.04 Å². The zero-order chi connectivity index (χ0) is 15.2. The van der Waals surface area contributed by atoms with Crippen molar-refractivity contribution in [3.05, 3.63) is 69.9 Å². The molecule has 4 heteroatoms. The summed E-state index contributed by atoms with van der Waals surface area (Å²) in [4.78, 5) is 12.1. The summed E-state index contributed by atoms with van der Waals surface area (Å²) in [6.45, 7) is 1.95. The van der Waals surface area contributed by atoms with E-state index in [1.807, 2.05) is 25.1 Å². The summed E-state index contributed by atoms with van der Waals surface area (Å²) in [5.41, 5.74) is 1.56. The van der Waals surface area contributed by atoms with Crippen molar-refractivity contribution in [1.29, 1.82) is 0 Å². The van der Waals surface area contributed by atoms with Crippen LogP contribution in [0.4, 0.5) is 4.39 Å². The Kier molecular flexibility index (Phi) is 5.51. The molecule has 1 atom stereocenters. The molecule has 0 spiro atoms. The van der Waals surface area contributed by atoms with Crippen molar-refractivity contribution in [3.63, 3.8) is 0 Å². The monoisotopic (exact) mass is 349 g/mol. The molecular formula is C17H17BrFNO. The number of carbonyl (C=O) groups excluding carboxylic acids is 1. The van der Waals surface area contributed by atoms with E-state index in [-0.39, 0.29) is 16.4 Å². The highest BCUT2D eigenvalue weighted by molar-refractivity contribution is 9.10. The van der Waals surface area contributed by atoms with Crippen LogP contribution in [-0.4, -0.2) is 11.9 Å². The second-order valence-electron chi connectivity index (χ2n) is 5.00. The third kappa shape index (κ3) is 4.39. The molecule has 0 radical (unpaired) electrons. The summed E-state index contributed by atoms with van der Waals surface area (Å²) in [6.07, 6.45) is 1.73. The van der Waals surface area contributed by atoms with Crippen LogP contribution >= 0.6 is 15.9 Å². The molecule has 0 bridgehead atoms. The predicted octanol–water partition coefficient (Wildman–Crippen LogP) is 4.34. The minimum Gasteiger partial charge on any atom is -0.350 e. The standard InChI is InChI=1S/C17H17BrFNO/c1-12(10-11-13-6-3-2-4-7-13)20-17(21)14-8-5-9-15(19)16(14)18/h2-9,12H,10-11H2,1H3,(H,20,21). The van der Waals surface area contributed by atoms with Crippen molar-refractivity contribution in [3.8, 4) is 0 Å². The first-order chi connectivity index (χ1) is 10.1. The van der Waals surface area contributed by atoms with Crippen molar-refractivity contribution in [1.82, 2.24) is 5.32 Å². The van der Waals surface area contributed by atoms with E-state index >= 15 is 0 Å². The Morgan fingerprint density at radius 1 is 1.19 bits per heavy atom. The first-order valence-electron chi connectivity index (χ1n) is 6.86. The minimum atomic E-state index is -0.431. The smallest absolute Gasteiger partial charge is 0.252 e. The van der Waals surface area contributed by atoms with E-state index in [4.69, 9.17) is 0 Å². The normalized spacial score (nSPS) is 12.0. The van der Waals surface area contributed by atoms with E-state index in [1.165, 1.54) is 17.7 Å². The van der Waals surface area contributed by atoms with Gasteiger partial charge in [0.25, 0.3) is 5.91 Å². The van der Waals surface area contributed by atoms with Crippen molar-refractivity contribution in [2.24, 2.45) is 0 Å². The van der Waals surface area contributed by atoms with Gasteiger partial charge in [0.1, 0.15) is 5.82 Å². The van der Waals surface area contributed by atoms with Crippen LogP contribution in [0, 0.1) is 5.82 Å². The van der Waals surface area contributed by atoms with E-state index in [2.05, 4.69) is 33.4 Å². The summed E-state index contributed by atoms with van der Waals surface area (Å²) >= 11 is 3.11. The highest BCUT2D eigenvalue weighted by atomic mass is 79.9. The van der Waals surface area contributed by atoms with Crippen molar-refractivity contribution in [2.45, 2.75) is 25.8 Å². The van der Waals surface area contributed by atoms with Crippen LogP contribution < -0.4 is 5.32 Å². The number of aryl methyl sites for hydroxylation is 1. The van der Waals surface area contributed by atoms with Crippen LogP contribution in [0.15, 0.2) is 53.0 Å². The Bertz CT molecular complexity index is 615. The van der Waals surface area contributed by atoms with Crippen LogP contribution in [0.1, 0.15) is 29.3 Å².